The minimum Gasteiger partial charge on any atom is -0.493 e. The van der Waals surface area contributed by atoms with Gasteiger partial charge in [-0.15, -0.1) is 22.4 Å². The van der Waals surface area contributed by atoms with E-state index in [2.05, 4.69) is 76.0 Å². The third-order valence-corrected chi connectivity index (χ3v) is 11.0. The first-order chi connectivity index (χ1) is 20.7. The van der Waals surface area contributed by atoms with Crippen LogP contribution in [0.3, 0.4) is 0 Å². The number of sulfone groups is 1. The molecule has 1 atom stereocenters. The van der Waals surface area contributed by atoms with Crippen LogP contribution in [0.5, 0.6) is 11.5 Å². The van der Waals surface area contributed by atoms with Crippen molar-refractivity contribution in [2.75, 3.05) is 24.7 Å². The Balaban J connectivity index is 1.12. The molecule has 2 aliphatic rings. The summed E-state index contributed by atoms with van der Waals surface area (Å²) in [6.45, 7) is 7.31. The van der Waals surface area contributed by atoms with Crippen molar-refractivity contribution in [2.45, 2.75) is 39.7 Å². The van der Waals surface area contributed by atoms with Crippen LogP contribution in [0, 0.1) is 24.2 Å². The van der Waals surface area contributed by atoms with Gasteiger partial charge in [0.2, 0.25) is 0 Å². The number of fused-ring (bicyclic) bond motifs is 1. The van der Waals surface area contributed by atoms with E-state index in [4.69, 9.17) is 9.47 Å². The Hall–Kier alpha value is -4.00. The number of ether oxygens (including phenoxy) is 2. The molecule has 3 aromatic carbocycles. The molecule has 7 nitrogen and oxygen atoms in total. The van der Waals surface area contributed by atoms with Crippen LogP contribution < -0.4 is 9.47 Å². The van der Waals surface area contributed by atoms with E-state index >= 15 is 0 Å². The molecule has 1 fully saturated rings. The highest BCUT2D eigenvalue weighted by Gasteiger charge is 2.45. The van der Waals surface area contributed by atoms with Crippen molar-refractivity contribution in [3.8, 4) is 34.5 Å². The van der Waals surface area contributed by atoms with E-state index in [0.29, 0.717) is 19.8 Å². The third-order valence-electron chi connectivity index (χ3n) is 7.80. The highest BCUT2D eigenvalue weighted by molar-refractivity contribution is 7.92. The van der Waals surface area contributed by atoms with Crippen LogP contribution in [0.1, 0.15) is 42.9 Å². The zero-order valence-electron chi connectivity index (χ0n) is 24.5. The molecule has 1 saturated heterocycles. The predicted molar refractivity (Wildman–Crippen MR) is 173 cm³/mol. The standard InChI is InChI=1S/C34H33N3O4S2/c1-4-5-26(16-27-17-35-37-36-27)25-7-9-28(10-8-25)40-18-24-6-13-33-31(15-24)32(19-42-33)30-12-11-29(14-23(30)2)41-20-34(3)21-43(38,39)22-34/h6-15,19,26H,16-18,20-22H2,1-3H3/t26-/m0/s1. The monoisotopic (exact) mass is 611 g/mol. The van der Waals surface area contributed by atoms with E-state index in [1.165, 1.54) is 15.6 Å². The number of benzene rings is 3. The van der Waals surface area contributed by atoms with Gasteiger partial charge in [-0.1, -0.05) is 37.1 Å². The Kier molecular flexibility index (Phi) is 8.08. The molecule has 0 amide bonds. The number of nitrogens with zero attached hydrogens (tertiary/aromatic N) is 3. The molecule has 6 rings (SSSR count). The summed E-state index contributed by atoms with van der Waals surface area (Å²) in [7, 11) is -2.89. The molecule has 0 radical (unpaired) electrons. The van der Waals surface area contributed by atoms with Gasteiger partial charge in [0.1, 0.15) is 24.7 Å². The number of thiophene rings is 1. The fraction of sp³-hybridized carbons (Fsp3) is 0.324. The fourth-order valence-electron chi connectivity index (χ4n) is 5.73. The summed E-state index contributed by atoms with van der Waals surface area (Å²) in [6.07, 6.45) is 0.720. The van der Waals surface area contributed by atoms with Gasteiger partial charge in [-0.2, -0.15) is 5.11 Å². The summed E-state index contributed by atoms with van der Waals surface area (Å²) in [5.74, 6) is 8.31. The molecular formula is C34H33N3O4S2. The van der Waals surface area contributed by atoms with E-state index in [1.54, 1.807) is 11.3 Å². The van der Waals surface area contributed by atoms with Crippen molar-refractivity contribution in [3.05, 3.63) is 82.7 Å². The largest absolute Gasteiger partial charge is 0.493 e. The van der Waals surface area contributed by atoms with Gasteiger partial charge in [0.05, 0.1) is 29.7 Å². The Morgan fingerprint density at radius 3 is 2.49 bits per heavy atom. The van der Waals surface area contributed by atoms with Gasteiger partial charge in [-0.3, -0.25) is 0 Å². The van der Waals surface area contributed by atoms with E-state index in [9.17, 15) is 8.42 Å². The van der Waals surface area contributed by atoms with Gasteiger partial charge in [0, 0.05) is 27.5 Å². The molecule has 2 aliphatic heterocycles. The first kappa shape index (κ1) is 29.1. The molecule has 0 unspecified atom stereocenters. The Labute approximate surface area is 256 Å². The second-order valence-corrected chi connectivity index (χ2v) is 14.6. The minimum atomic E-state index is -2.89. The normalized spacial score (nSPS) is 17.0. The lowest BCUT2D eigenvalue weighted by atomic mass is 9.94. The maximum atomic E-state index is 11.6. The smallest absolute Gasteiger partial charge is 0.151 e. The quantitative estimate of drug-likeness (QED) is 0.173. The SMILES string of the molecule is CC#C[C@@H](CC1=NN=NC1)c1ccc(OCc2ccc3scc(-c4ccc(OCC5(C)CS(=O)(=O)C5)cc4C)c3c2)cc1. The van der Waals surface area contributed by atoms with Gasteiger partial charge in [0.25, 0.3) is 0 Å². The Morgan fingerprint density at radius 1 is 1.00 bits per heavy atom. The molecule has 0 bridgehead atoms. The van der Waals surface area contributed by atoms with Crippen molar-refractivity contribution in [3.63, 3.8) is 0 Å². The van der Waals surface area contributed by atoms with Crippen molar-refractivity contribution < 1.29 is 17.9 Å². The molecule has 0 spiro atoms. The predicted octanol–water partition coefficient (Wildman–Crippen LogP) is 7.59. The van der Waals surface area contributed by atoms with Gasteiger partial charge in [-0.25, -0.2) is 8.42 Å². The van der Waals surface area contributed by atoms with E-state index in [1.807, 2.05) is 38.1 Å². The van der Waals surface area contributed by atoms with Crippen LogP contribution in [-0.4, -0.2) is 38.8 Å². The first-order valence-corrected chi connectivity index (χ1v) is 16.9. The van der Waals surface area contributed by atoms with Gasteiger partial charge in [0.15, 0.2) is 9.84 Å². The summed E-state index contributed by atoms with van der Waals surface area (Å²) in [5, 5.41) is 15.2. The number of hydrogen-bond acceptors (Lipinski definition) is 8. The third kappa shape index (κ3) is 6.66. The topological polar surface area (TPSA) is 89.7 Å². The van der Waals surface area contributed by atoms with E-state index in [0.717, 1.165) is 45.9 Å². The summed E-state index contributed by atoms with van der Waals surface area (Å²) >= 11 is 1.73. The summed E-state index contributed by atoms with van der Waals surface area (Å²) in [5.41, 5.74) is 6.31. The molecule has 43 heavy (non-hydrogen) atoms. The maximum absolute atomic E-state index is 11.6. The maximum Gasteiger partial charge on any atom is 0.151 e. The van der Waals surface area contributed by atoms with Crippen LogP contribution in [0.4, 0.5) is 0 Å². The van der Waals surface area contributed by atoms with Gasteiger partial charge in [-0.05, 0) is 83.1 Å². The molecule has 220 valence electrons. The lowest BCUT2D eigenvalue weighted by molar-refractivity contribution is 0.188. The number of rotatable bonds is 10. The number of aryl methyl sites for hydroxylation is 1. The van der Waals surface area contributed by atoms with Crippen molar-refractivity contribution in [2.24, 2.45) is 20.9 Å². The first-order valence-electron chi connectivity index (χ1n) is 14.2. The van der Waals surface area contributed by atoms with E-state index < -0.39 is 9.84 Å². The highest BCUT2D eigenvalue weighted by atomic mass is 32.2. The Bertz CT molecular complexity index is 1890. The average Bonchev–Trinajstić information content (AvgIpc) is 3.64. The zero-order valence-corrected chi connectivity index (χ0v) is 26.1. The molecule has 4 aromatic rings. The lowest BCUT2D eigenvalue weighted by Crippen LogP contribution is -2.50. The van der Waals surface area contributed by atoms with E-state index in [-0.39, 0.29) is 22.8 Å². The van der Waals surface area contributed by atoms with Gasteiger partial charge < -0.3 is 9.47 Å². The molecule has 3 heterocycles. The zero-order chi connectivity index (χ0) is 30.0. The van der Waals surface area contributed by atoms with Crippen molar-refractivity contribution >= 4 is 37.0 Å². The second kappa shape index (κ2) is 11.9. The van der Waals surface area contributed by atoms with Gasteiger partial charge >= 0.3 is 0 Å². The molecular weight excluding hydrogens is 579 g/mol. The van der Waals surface area contributed by atoms with Crippen LogP contribution in [0.25, 0.3) is 21.2 Å². The molecule has 0 aliphatic carbocycles. The Morgan fingerprint density at radius 2 is 1.79 bits per heavy atom. The van der Waals surface area contributed by atoms with Crippen LogP contribution in [-0.2, 0) is 16.4 Å². The molecule has 0 saturated carbocycles. The number of hydrogen-bond donors (Lipinski definition) is 0. The van der Waals surface area contributed by atoms with Crippen LogP contribution >= 0.6 is 11.3 Å². The fourth-order valence-corrected chi connectivity index (χ4v) is 8.88. The highest BCUT2D eigenvalue weighted by Crippen LogP contribution is 2.38. The van der Waals surface area contributed by atoms with Crippen LogP contribution in [0.15, 0.2) is 81.5 Å². The summed E-state index contributed by atoms with van der Waals surface area (Å²) < 4.78 is 36.6. The second-order valence-electron chi connectivity index (χ2n) is 11.7. The molecule has 1 aromatic heterocycles. The summed E-state index contributed by atoms with van der Waals surface area (Å²) in [6, 6.07) is 20.7. The molecule has 0 N–H and O–H groups in total. The van der Waals surface area contributed by atoms with Crippen molar-refractivity contribution in [1.82, 2.24) is 0 Å². The summed E-state index contributed by atoms with van der Waals surface area (Å²) in [4.78, 5) is 0. The molecule has 9 heteroatoms. The van der Waals surface area contributed by atoms with Crippen molar-refractivity contribution in [1.29, 1.82) is 0 Å². The van der Waals surface area contributed by atoms with Crippen LogP contribution in [0.2, 0.25) is 0 Å². The lowest BCUT2D eigenvalue weighted by Gasteiger charge is -2.37. The average molecular weight is 612 g/mol. The minimum absolute atomic E-state index is 0.0506.